The van der Waals surface area contributed by atoms with E-state index in [-0.39, 0.29) is 16.5 Å². The lowest BCUT2D eigenvalue weighted by atomic mass is 11.2. The van der Waals surface area contributed by atoms with Crippen LogP contribution >= 0.6 is 8.96 Å². The normalized spacial score (nSPS) is 17.6. The fraction of sp³-hybridized carbons (Fsp3) is 0.500. The molecule has 7 heteroatoms. The van der Waals surface area contributed by atoms with Crippen molar-refractivity contribution in [3.63, 3.8) is 0 Å². The third kappa shape index (κ3) is 1.71. The number of nitrogens with zero attached hydrogens (tertiary/aromatic N) is 2. The molecular weight excluding hydrogens is 171 g/mol. The molecule has 1 aliphatic heterocycles. The average molecular weight is 179 g/mol. The summed E-state index contributed by atoms with van der Waals surface area (Å²) in [6.45, 7) is 0. The number of carbonyl (C=O) groups excluding carboxylic acids is 1. The van der Waals surface area contributed by atoms with Gasteiger partial charge in [-0.1, -0.05) is 5.10 Å². The van der Waals surface area contributed by atoms with Gasteiger partial charge in [0.05, 0.1) is 14.2 Å². The van der Waals surface area contributed by atoms with Crippen molar-refractivity contribution in [3.05, 3.63) is 0 Å². The zero-order valence-electron chi connectivity index (χ0n) is 7.03. The Morgan fingerprint density at radius 3 is 3.00 bits per heavy atom. The number of ether oxygens (including phenoxy) is 2. The molecule has 0 aromatic rings. The van der Waals surface area contributed by atoms with E-state index in [4.69, 9.17) is 4.52 Å². The van der Waals surface area contributed by atoms with Crippen molar-refractivity contribution < 1.29 is 20.2 Å². The molecule has 0 fully saturated rings. The van der Waals surface area contributed by atoms with Gasteiger partial charge >= 0.3 is 13.6 Å². The lowest BCUT2D eigenvalue weighted by molar-refractivity contribution is 0.152. The second kappa shape index (κ2) is 3.39. The van der Waals surface area contributed by atoms with Crippen molar-refractivity contribution in [1.82, 2.24) is 4.78 Å². The summed E-state index contributed by atoms with van der Waals surface area (Å²) in [4.78, 5) is 10.7. The summed E-state index contributed by atoms with van der Waals surface area (Å²) >= 11 is 0. The highest BCUT2D eigenvalue weighted by atomic mass is 31.1. The van der Waals surface area contributed by atoms with Crippen LogP contribution in [0.5, 0.6) is 0 Å². The standard InChI is InChI=1S/C4H7N2O4P/c1-8-3-5-6(11-10-3)4(7)9-2/h11H,1-2H3/p+1. The van der Waals surface area contributed by atoms with Crippen LogP contribution in [0.25, 0.3) is 0 Å². The van der Waals surface area contributed by atoms with E-state index in [9.17, 15) is 4.79 Å². The average Bonchev–Trinajstić information content (AvgIpc) is 2.50. The number of amides is 1. The van der Waals surface area contributed by atoms with Gasteiger partial charge in [-0.3, -0.25) is 0 Å². The van der Waals surface area contributed by atoms with Gasteiger partial charge in [-0.15, -0.1) is 4.78 Å². The number of methoxy groups -OCH3 is 2. The van der Waals surface area contributed by atoms with Crippen molar-refractivity contribution >= 4 is 21.1 Å². The Bertz CT molecular complexity index is 199. The van der Waals surface area contributed by atoms with Crippen LogP contribution in [0.15, 0.2) is 5.10 Å². The van der Waals surface area contributed by atoms with Crippen molar-refractivity contribution in [2.24, 2.45) is 5.10 Å². The Hall–Kier alpha value is -1.03. The second-order valence-corrected chi connectivity index (χ2v) is 2.36. The molecule has 0 radical (unpaired) electrons. The molecule has 0 bridgehead atoms. The smallest absolute Gasteiger partial charge is 0.453 e. The lowest BCUT2D eigenvalue weighted by Gasteiger charge is -2.03. The zero-order chi connectivity index (χ0) is 8.27. The number of hydrazone groups is 1. The molecule has 1 rings (SSSR count). The molecule has 0 aliphatic carbocycles. The fourth-order valence-corrected chi connectivity index (χ4v) is 1.03. The fourth-order valence-electron chi connectivity index (χ4n) is 0.452. The van der Waals surface area contributed by atoms with Crippen molar-refractivity contribution in [1.29, 1.82) is 0 Å². The third-order valence-corrected chi connectivity index (χ3v) is 1.64. The van der Waals surface area contributed by atoms with Crippen LogP contribution in [-0.2, 0) is 14.0 Å². The van der Waals surface area contributed by atoms with Crippen LogP contribution in [-0.4, -0.2) is 31.2 Å². The molecule has 1 heterocycles. The van der Waals surface area contributed by atoms with E-state index in [1.807, 2.05) is 0 Å². The van der Waals surface area contributed by atoms with Gasteiger partial charge in [0.15, 0.2) is 0 Å². The summed E-state index contributed by atoms with van der Waals surface area (Å²) in [5.74, 6) is 0. The summed E-state index contributed by atoms with van der Waals surface area (Å²) in [7, 11) is 2.48. The highest BCUT2D eigenvalue weighted by molar-refractivity contribution is 7.31. The number of hydrogen-bond donors (Lipinski definition) is 0. The highest BCUT2D eigenvalue weighted by Crippen LogP contribution is 2.27. The van der Waals surface area contributed by atoms with Gasteiger partial charge in [0.2, 0.25) is 8.96 Å². The topological polar surface area (TPSA) is 60.4 Å². The largest absolute Gasteiger partial charge is 1.00 e. The van der Waals surface area contributed by atoms with E-state index >= 15 is 0 Å². The summed E-state index contributed by atoms with van der Waals surface area (Å²) in [5, 5.41) is 3.62. The van der Waals surface area contributed by atoms with Crippen molar-refractivity contribution in [3.8, 4) is 0 Å². The van der Waals surface area contributed by atoms with Crippen molar-refractivity contribution in [2.75, 3.05) is 14.2 Å². The van der Waals surface area contributed by atoms with Gasteiger partial charge < -0.3 is 14.0 Å². The maximum absolute atomic E-state index is 10.7. The van der Waals surface area contributed by atoms with Crippen LogP contribution < -0.4 is 0 Å². The molecule has 0 saturated carbocycles. The Labute approximate surface area is 66.5 Å². The molecule has 1 atom stereocenters. The molecule has 11 heavy (non-hydrogen) atoms. The van der Waals surface area contributed by atoms with Gasteiger partial charge in [-0.2, -0.15) is 0 Å². The maximum Gasteiger partial charge on any atom is 1.00 e. The van der Waals surface area contributed by atoms with Gasteiger partial charge in [-0.25, -0.2) is 4.79 Å². The molecule has 0 aromatic carbocycles. The zero-order valence-corrected chi connectivity index (χ0v) is 7.03. The van der Waals surface area contributed by atoms with E-state index in [0.717, 1.165) is 4.78 Å². The molecular formula is C4H8N2O4P+. The van der Waals surface area contributed by atoms with Gasteiger partial charge in [-0.05, 0) is 0 Å². The van der Waals surface area contributed by atoms with Crippen LogP contribution in [0, 0.1) is 0 Å². The Kier molecular flexibility index (Phi) is 2.48. The Morgan fingerprint density at radius 2 is 2.55 bits per heavy atom. The summed E-state index contributed by atoms with van der Waals surface area (Å²) in [6.07, 6.45) is -0.482. The number of hydrogen-bond acceptors (Lipinski definition) is 5. The Balaban J connectivity index is 0.00000121. The summed E-state index contributed by atoms with van der Waals surface area (Å²) in [5.41, 5.74) is 0. The van der Waals surface area contributed by atoms with E-state index in [1.165, 1.54) is 14.2 Å². The van der Waals surface area contributed by atoms with E-state index in [1.54, 1.807) is 0 Å². The first-order chi connectivity index (χ1) is 5.27. The summed E-state index contributed by atoms with van der Waals surface area (Å²) < 4.78 is 14.9. The van der Waals surface area contributed by atoms with Crippen LogP contribution in [0.1, 0.15) is 1.43 Å². The molecule has 0 aromatic heterocycles. The van der Waals surface area contributed by atoms with Crippen molar-refractivity contribution in [2.45, 2.75) is 0 Å². The predicted molar refractivity (Wildman–Crippen MR) is 39.2 cm³/mol. The third-order valence-electron chi connectivity index (χ3n) is 0.923. The quantitative estimate of drug-likeness (QED) is 0.511. The monoisotopic (exact) mass is 179 g/mol. The maximum atomic E-state index is 10.7. The van der Waals surface area contributed by atoms with Gasteiger partial charge in [0, 0.05) is 0 Å². The number of carbonyl (C=O) groups is 1. The Morgan fingerprint density at radius 1 is 1.82 bits per heavy atom. The first kappa shape index (κ1) is 8.07. The van der Waals surface area contributed by atoms with E-state index in [0.29, 0.717) is 0 Å². The minimum absolute atomic E-state index is 0. The number of rotatable bonds is 0. The molecule has 1 unspecified atom stereocenters. The molecule has 0 saturated heterocycles. The molecule has 0 N–H and O–H groups in total. The molecule has 1 amide bonds. The van der Waals surface area contributed by atoms with Crippen LogP contribution in [0.3, 0.4) is 0 Å². The molecule has 1 aliphatic rings. The summed E-state index contributed by atoms with van der Waals surface area (Å²) in [6, 6.07) is 0. The second-order valence-electron chi connectivity index (χ2n) is 1.55. The molecule has 6 nitrogen and oxygen atoms in total. The van der Waals surface area contributed by atoms with Gasteiger partial charge in [0.1, 0.15) is 0 Å². The minimum Gasteiger partial charge on any atom is -0.453 e. The highest BCUT2D eigenvalue weighted by Gasteiger charge is 2.23. The molecule has 0 spiro atoms. The SMILES string of the molecule is COC(=O)N1N=C(OC)OP1.[H+]. The lowest BCUT2D eigenvalue weighted by Crippen LogP contribution is -2.14. The first-order valence-corrected chi connectivity index (χ1v) is 3.56. The predicted octanol–water partition coefficient (Wildman–Crippen LogP) is 0.623. The van der Waals surface area contributed by atoms with Crippen LogP contribution in [0.4, 0.5) is 4.79 Å². The van der Waals surface area contributed by atoms with E-state index in [2.05, 4.69) is 14.6 Å². The molecule has 62 valence electrons. The first-order valence-electron chi connectivity index (χ1n) is 2.71. The van der Waals surface area contributed by atoms with Crippen LogP contribution in [0.2, 0.25) is 0 Å². The van der Waals surface area contributed by atoms with Gasteiger partial charge in [0.25, 0.3) is 0 Å². The minimum atomic E-state index is -0.560. The van der Waals surface area contributed by atoms with E-state index < -0.39 is 6.09 Å².